The van der Waals surface area contributed by atoms with Gasteiger partial charge in [0.25, 0.3) is 0 Å². The van der Waals surface area contributed by atoms with E-state index in [2.05, 4.69) is 27.3 Å². The van der Waals surface area contributed by atoms with Crippen LogP contribution in [0.25, 0.3) is 5.65 Å². The van der Waals surface area contributed by atoms with Crippen molar-refractivity contribution < 1.29 is 9.53 Å². The molecule has 0 aliphatic rings. The first-order valence-corrected chi connectivity index (χ1v) is 8.56. The molecule has 26 heavy (non-hydrogen) atoms. The van der Waals surface area contributed by atoms with Gasteiger partial charge in [0.05, 0.1) is 12.3 Å². The maximum atomic E-state index is 12.3. The van der Waals surface area contributed by atoms with Crippen LogP contribution in [0.4, 0.5) is 11.5 Å². The number of nitrogens with zero attached hydrogens (tertiary/aromatic N) is 4. The largest absolute Gasteiger partial charge is 0.461 e. The lowest BCUT2D eigenvalue weighted by Crippen LogP contribution is -2.05. The van der Waals surface area contributed by atoms with E-state index >= 15 is 0 Å². The highest BCUT2D eigenvalue weighted by Crippen LogP contribution is 2.30. The van der Waals surface area contributed by atoms with Crippen molar-refractivity contribution in [1.29, 1.82) is 0 Å². The Hall–Kier alpha value is -3.02. The molecular weight excluding hydrogens is 328 g/mol. The molecule has 0 N–H and O–H groups in total. The number of esters is 1. The summed E-state index contributed by atoms with van der Waals surface area (Å²) in [4.78, 5) is 16.8. The normalized spacial score (nSPS) is 11.4. The Morgan fingerprint density at radius 2 is 1.81 bits per heavy atom. The molecule has 3 aromatic rings. The molecule has 3 rings (SSSR count). The summed E-state index contributed by atoms with van der Waals surface area (Å²) >= 11 is 0. The summed E-state index contributed by atoms with van der Waals surface area (Å²) in [5, 5.41) is 8.81. The number of carbonyl (C=O) groups is 1. The first kappa shape index (κ1) is 17.8. The maximum Gasteiger partial charge on any atom is 0.360 e. The molecule has 0 spiro atoms. The van der Waals surface area contributed by atoms with Crippen LogP contribution in [-0.2, 0) is 4.74 Å². The lowest BCUT2D eigenvalue weighted by molar-refractivity contribution is 0.0521. The van der Waals surface area contributed by atoms with Crippen molar-refractivity contribution in [2.45, 2.75) is 34.6 Å². The average Bonchev–Trinajstić information content (AvgIpc) is 2.94. The average molecular weight is 350 g/mol. The molecule has 2 heterocycles. The highest BCUT2D eigenvalue weighted by molar-refractivity contribution is 5.93. The summed E-state index contributed by atoms with van der Waals surface area (Å²) in [7, 11) is 0. The second-order valence-corrected chi connectivity index (χ2v) is 6.34. The maximum absolute atomic E-state index is 12.3. The van der Waals surface area contributed by atoms with Gasteiger partial charge in [-0.15, -0.1) is 10.2 Å². The molecule has 0 saturated heterocycles. The molecule has 2 aromatic heterocycles. The molecule has 0 bridgehead atoms. The number of fused-ring (bicyclic) bond motifs is 1. The van der Waals surface area contributed by atoms with Crippen LogP contribution in [0, 0.1) is 27.7 Å². The monoisotopic (exact) mass is 350 g/mol. The second kappa shape index (κ2) is 7.07. The Kier molecular flexibility index (Phi) is 4.84. The van der Waals surface area contributed by atoms with E-state index in [1.165, 1.54) is 5.56 Å². The Bertz CT molecular complexity index is 995. The van der Waals surface area contributed by atoms with Crippen molar-refractivity contribution in [2.75, 3.05) is 6.61 Å². The van der Waals surface area contributed by atoms with Gasteiger partial charge in [0.2, 0.25) is 0 Å². The molecule has 0 unspecified atom stereocenters. The van der Waals surface area contributed by atoms with Crippen LogP contribution in [0.2, 0.25) is 0 Å². The van der Waals surface area contributed by atoms with Crippen molar-refractivity contribution >= 4 is 23.1 Å². The smallest absolute Gasteiger partial charge is 0.360 e. The number of imidazole rings is 1. The molecule has 6 nitrogen and oxygen atoms in total. The molecular formula is C20H22N4O2. The summed E-state index contributed by atoms with van der Waals surface area (Å²) in [6.45, 7) is 10.0. The molecule has 6 heteroatoms. The summed E-state index contributed by atoms with van der Waals surface area (Å²) < 4.78 is 6.90. The van der Waals surface area contributed by atoms with E-state index in [0.29, 0.717) is 11.5 Å². The van der Waals surface area contributed by atoms with Crippen LogP contribution in [0.15, 0.2) is 40.7 Å². The zero-order valence-electron chi connectivity index (χ0n) is 15.7. The highest BCUT2D eigenvalue weighted by atomic mass is 16.5. The van der Waals surface area contributed by atoms with Crippen molar-refractivity contribution in [3.05, 3.63) is 58.4 Å². The van der Waals surface area contributed by atoms with Crippen molar-refractivity contribution in [3.63, 3.8) is 0 Å². The lowest BCUT2D eigenvalue weighted by atomic mass is 10.1. The van der Waals surface area contributed by atoms with Gasteiger partial charge in [-0.25, -0.2) is 9.78 Å². The van der Waals surface area contributed by atoms with Gasteiger partial charge in [0.15, 0.2) is 11.5 Å². The van der Waals surface area contributed by atoms with E-state index in [-0.39, 0.29) is 12.3 Å². The highest BCUT2D eigenvalue weighted by Gasteiger charge is 2.21. The molecule has 0 saturated carbocycles. The number of ether oxygens (including phenoxy) is 1. The SMILES string of the molecule is CCOC(=O)c1nc2c(C)cccn2c1N=Nc1c(C)cc(C)cc1C. The van der Waals surface area contributed by atoms with Crippen LogP contribution < -0.4 is 0 Å². The predicted molar refractivity (Wildman–Crippen MR) is 101 cm³/mol. The Morgan fingerprint density at radius 1 is 1.12 bits per heavy atom. The first-order valence-electron chi connectivity index (χ1n) is 8.56. The number of hydrogen-bond acceptors (Lipinski definition) is 5. The van der Waals surface area contributed by atoms with E-state index in [4.69, 9.17) is 4.74 Å². The fraction of sp³-hybridized carbons (Fsp3) is 0.300. The van der Waals surface area contributed by atoms with Gasteiger partial charge in [0, 0.05) is 6.20 Å². The Labute approximate surface area is 152 Å². The van der Waals surface area contributed by atoms with E-state index < -0.39 is 5.97 Å². The van der Waals surface area contributed by atoms with Crippen LogP contribution in [-0.4, -0.2) is 22.0 Å². The number of aromatic nitrogens is 2. The van der Waals surface area contributed by atoms with Crippen LogP contribution >= 0.6 is 0 Å². The molecule has 0 aliphatic heterocycles. The molecule has 0 aliphatic carbocycles. The molecule has 0 fully saturated rings. The van der Waals surface area contributed by atoms with Gasteiger partial charge >= 0.3 is 5.97 Å². The minimum absolute atomic E-state index is 0.173. The molecule has 0 amide bonds. The lowest BCUT2D eigenvalue weighted by Gasteiger charge is -2.05. The number of hydrogen-bond donors (Lipinski definition) is 0. The van der Waals surface area contributed by atoms with Gasteiger partial charge < -0.3 is 4.74 Å². The first-order chi connectivity index (χ1) is 12.4. The summed E-state index contributed by atoms with van der Waals surface area (Å²) in [5.74, 6) is -0.122. The third-order valence-electron chi connectivity index (χ3n) is 4.17. The van der Waals surface area contributed by atoms with Crippen molar-refractivity contribution in [1.82, 2.24) is 9.38 Å². The predicted octanol–water partition coefficient (Wildman–Crippen LogP) is 5.16. The molecule has 1 aromatic carbocycles. The summed E-state index contributed by atoms with van der Waals surface area (Å²) in [6, 6.07) is 7.95. The Morgan fingerprint density at radius 3 is 2.46 bits per heavy atom. The minimum atomic E-state index is -0.498. The quantitative estimate of drug-likeness (QED) is 0.482. The van der Waals surface area contributed by atoms with Crippen molar-refractivity contribution in [3.8, 4) is 0 Å². The third kappa shape index (κ3) is 3.22. The van der Waals surface area contributed by atoms with Crippen LogP contribution in [0.3, 0.4) is 0 Å². The number of rotatable bonds is 4. The van der Waals surface area contributed by atoms with E-state index in [1.54, 1.807) is 11.3 Å². The molecule has 0 atom stereocenters. The number of carbonyl (C=O) groups excluding carboxylic acids is 1. The van der Waals surface area contributed by atoms with Crippen LogP contribution in [0.1, 0.15) is 39.7 Å². The topological polar surface area (TPSA) is 68.3 Å². The minimum Gasteiger partial charge on any atom is -0.461 e. The fourth-order valence-electron chi connectivity index (χ4n) is 3.05. The summed E-state index contributed by atoms with van der Waals surface area (Å²) in [5.41, 5.74) is 5.84. The number of aryl methyl sites for hydroxylation is 4. The van der Waals surface area contributed by atoms with Crippen molar-refractivity contribution in [2.24, 2.45) is 10.2 Å². The van der Waals surface area contributed by atoms with E-state index in [0.717, 1.165) is 22.4 Å². The third-order valence-corrected chi connectivity index (χ3v) is 4.17. The van der Waals surface area contributed by atoms with E-state index in [1.807, 2.05) is 46.0 Å². The standard InChI is InChI=1S/C20H22N4O2/c1-6-26-20(25)17-19(24-9-7-8-13(3)18(24)21-17)23-22-16-14(4)10-12(2)11-15(16)5/h7-11H,6H2,1-5H3. The zero-order chi connectivity index (χ0) is 18.8. The van der Waals surface area contributed by atoms with Gasteiger partial charge in [0.1, 0.15) is 5.65 Å². The van der Waals surface area contributed by atoms with E-state index in [9.17, 15) is 4.79 Å². The van der Waals surface area contributed by atoms with Gasteiger partial charge in [-0.2, -0.15) is 0 Å². The zero-order valence-corrected chi connectivity index (χ0v) is 15.7. The number of azo groups is 1. The van der Waals surface area contributed by atoms with Crippen LogP contribution in [0.5, 0.6) is 0 Å². The number of benzene rings is 1. The number of pyridine rings is 1. The second-order valence-electron chi connectivity index (χ2n) is 6.34. The van der Waals surface area contributed by atoms with Gasteiger partial charge in [-0.1, -0.05) is 23.8 Å². The van der Waals surface area contributed by atoms with Gasteiger partial charge in [-0.05, 0) is 57.4 Å². The fourth-order valence-corrected chi connectivity index (χ4v) is 3.05. The van der Waals surface area contributed by atoms with Gasteiger partial charge in [-0.3, -0.25) is 4.40 Å². The molecule has 0 radical (unpaired) electrons. The molecule has 134 valence electrons. The Balaban J connectivity index is 2.16. The summed E-state index contributed by atoms with van der Waals surface area (Å²) in [6.07, 6.45) is 1.82.